The summed E-state index contributed by atoms with van der Waals surface area (Å²) in [7, 11) is 1.61. The zero-order valence-corrected chi connectivity index (χ0v) is 13.7. The molecule has 0 radical (unpaired) electrons. The van der Waals surface area contributed by atoms with Crippen LogP contribution in [0.5, 0.6) is 0 Å². The maximum Gasteiger partial charge on any atom is 0.353 e. The molecule has 2 aromatic rings. The second-order valence-electron chi connectivity index (χ2n) is 5.23. The number of benzene rings is 1. The Morgan fingerprint density at radius 3 is 2.62 bits per heavy atom. The van der Waals surface area contributed by atoms with Gasteiger partial charge in [-0.15, -0.1) is 0 Å². The van der Waals surface area contributed by atoms with Crippen molar-refractivity contribution >= 4 is 17.3 Å². The Bertz CT molecular complexity index is 666. The van der Waals surface area contributed by atoms with E-state index in [0.717, 1.165) is 12.0 Å². The third kappa shape index (κ3) is 4.63. The second kappa shape index (κ2) is 8.78. The summed E-state index contributed by atoms with van der Waals surface area (Å²) in [6.07, 6.45) is 2.03. The number of rotatable bonds is 9. The molecular formula is C16H21N5O3. The molecule has 0 aliphatic rings. The van der Waals surface area contributed by atoms with Crippen molar-refractivity contribution in [2.24, 2.45) is 0 Å². The Kier molecular flexibility index (Phi) is 6.44. The van der Waals surface area contributed by atoms with E-state index in [2.05, 4.69) is 20.6 Å². The maximum atomic E-state index is 11.5. The van der Waals surface area contributed by atoms with E-state index < -0.39 is 4.92 Å². The fourth-order valence-electron chi connectivity index (χ4n) is 2.24. The molecule has 8 nitrogen and oxygen atoms in total. The highest BCUT2D eigenvalue weighted by Crippen LogP contribution is 2.31. The smallest absolute Gasteiger partial charge is 0.353 e. The average molecular weight is 331 g/mol. The quantitative estimate of drug-likeness (QED) is 0.413. The van der Waals surface area contributed by atoms with E-state index >= 15 is 0 Å². The number of nitrogens with one attached hydrogen (secondary N) is 2. The second-order valence-corrected chi connectivity index (χ2v) is 5.23. The van der Waals surface area contributed by atoms with E-state index in [1.54, 1.807) is 7.11 Å². The van der Waals surface area contributed by atoms with Crippen LogP contribution in [0.25, 0.3) is 0 Å². The fourth-order valence-corrected chi connectivity index (χ4v) is 2.24. The molecule has 2 rings (SSSR count). The van der Waals surface area contributed by atoms with Gasteiger partial charge in [-0.2, -0.15) is 0 Å². The van der Waals surface area contributed by atoms with Crippen molar-refractivity contribution in [1.29, 1.82) is 0 Å². The third-order valence-electron chi connectivity index (χ3n) is 3.48. The van der Waals surface area contributed by atoms with Crippen LogP contribution in [-0.4, -0.2) is 35.2 Å². The maximum absolute atomic E-state index is 11.5. The molecule has 2 N–H and O–H groups in total. The van der Waals surface area contributed by atoms with Crippen LogP contribution in [-0.2, 0) is 4.74 Å². The highest BCUT2D eigenvalue weighted by molar-refractivity contribution is 5.69. The van der Waals surface area contributed by atoms with Crippen LogP contribution < -0.4 is 10.6 Å². The summed E-state index contributed by atoms with van der Waals surface area (Å²) in [5.41, 5.74) is 0.859. The predicted molar refractivity (Wildman–Crippen MR) is 92.1 cm³/mol. The fraction of sp³-hybridized carbons (Fsp3) is 0.375. The van der Waals surface area contributed by atoms with Crippen molar-refractivity contribution < 1.29 is 9.66 Å². The summed E-state index contributed by atoms with van der Waals surface area (Å²) in [5, 5.41) is 17.5. The summed E-state index contributed by atoms with van der Waals surface area (Å²) < 4.78 is 4.96. The molecule has 1 atom stereocenters. The lowest BCUT2D eigenvalue weighted by atomic mass is 10.1. The average Bonchev–Trinajstić information content (AvgIpc) is 2.59. The van der Waals surface area contributed by atoms with Crippen LogP contribution >= 0.6 is 0 Å². The molecule has 1 heterocycles. The van der Waals surface area contributed by atoms with E-state index in [9.17, 15) is 10.1 Å². The molecule has 0 saturated carbocycles. The number of ether oxygens (including phenoxy) is 1. The van der Waals surface area contributed by atoms with Crippen LogP contribution in [0.4, 0.5) is 17.3 Å². The van der Waals surface area contributed by atoms with E-state index in [1.165, 1.54) is 6.33 Å². The van der Waals surface area contributed by atoms with Crippen molar-refractivity contribution in [3.05, 3.63) is 52.3 Å². The first-order valence-electron chi connectivity index (χ1n) is 7.67. The molecular weight excluding hydrogens is 310 g/mol. The molecule has 0 aliphatic heterocycles. The van der Waals surface area contributed by atoms with E-state index in [1.807, 2.05) is 37.3 Å². The zero-order chi connectivity index (χ0) is 17.4. The lowest BCUT2D eigenvalue weighted by Crippen LogP contribution is -2.13. The summed E-state index contributed by atoms with van der Waals surface area (Å²) in [5.74, 6) is 0.398. The largest absolute Gasteiger partial charge is 0.385 e. The Labute approximate surface area is 140 Å². The lowest BCUT2D eigenvalue weighted by Gasteiger charge is -2.15. The Morgan fingerprint density at radius 2 is 1.96 bits per heavy atom. The van der Waals surface area contributed by atoms with E-state index in [0.29, 0.717) is 13.2 Å². The van der Waals surface area contributed by atoms with Crippen LogP contribution in [0.3, 0.4) is 0 Å². The van der Waals surface area contributed by atoms with Gasteiger partial charge in [0, 0.05) is 20.3 Å². The van der Waals surface area contributed by atoms with Gasteiger partial charge in [-0.1, -0.05) is 30.3 Å². The SMILES string of the molecule is COCCCNc1ncnc(NC(C)c2ccccc2)c1[N+](=O)[O-]. The minimum absolute atomic E-state index is 0.124. The topological polar surface area (TPSA) is 102 Å². The normalized spacial score (nSPS) is 11.8. The highest BCUT2D eigenvalue weighted by atomic mass is 16.6. The summed E-state index contributed by atoms with van der Waals surface area (Å²) in [4.78, 5) is 19.0. The van der Waals surface area contributed by atoms with Crippen LogP contribution in [0.1, 0.15) is 24.9 Å². The van der Waals surface area contributed by atoms with Gasteiger partial charge in [0.1, 0.15) is 6.33 Å². The van der Waals surface area contributed by atoms with Gasteiger partial charge in [-0.25, -0.2) is 9.97 Å². The van der Waals surface area contributed by atoms with Crippen molar-refractivity contribution in [2.75, 3.05) is 30.9 Å². The predicted octanol–water partition coefficient (Wildman–Crippen LogP) is 3.01. The standard InChI is InChI=1S/C16H21N5O3/c1-12(13-7-4-3-5-8-13)20-16-14(21(22)23)15(18-11-19-16)17-9-6-10-24-2/h3-5,7-8,11-12H,6,9-10H2,1-2H3,(H2,17,18,19,20). The Balaban J connectivity index is 2.18. The van der Waals surface area contributed by atoms with Gasteiger partial charge in [-0.3, -0.25) is 10.1 Å². The number of hydrogen-bond donors (Lipinski definition) is 2. The Morgan fingerprint density at radius 1 is 1.25 bits per heavy atom. The van der Waals surface area contributed by atoms with Gasteiger partial charge >= 0.3 is 5.69 Å². The number of methoxy groups -OCH3 is 1. The van der Waals surface area contributed by atoms with Crippen molar-refractivity contribution in [1.82, 2.24) is 9.97 Å². The molecule has 0 fully saturated rings. The van der Waals surface area contributed by atoms with Crippen molar-refractivity contribution in [3.63, 3.8) is 0 Å². The van der Waals surface area contributed by atoms with Gasteiger partial charge in [0.25, 0.3) is 0 Å². The number of hydrogen-bond acceptors (Lipinski definition) is 7. The van der Waals surface area contributed by atoms with Crippen LogP contribution in [0.15, 0.2) is 36.7 Å². The number of nitro groups is 1. The van der Waals surface area contributed by atoms with Gasteiger partial charge in [0.2, 0.25) is 11.6 Å². The lowest BCUT2D eigenvalue weighted by molar-refractivity contribution is -0.383. The van der Waals surface area contributed by atoms with Gasteiger partial charge in [0.15, 0.2) is 0 Å². The molecule has 1 aromatic carbocycles. The van der Waals surface area contributed by atoms with Crippen LogP contribution in [0, 0.1) is 10.1 Å². The van der Waals surface area contributed by atoms with Crippen LogP contribution in [0.2, 0.25) is 0 Å². The van der Waals surface area contributed by atoms with E-state index in [4.69, 9.17) is 4.74 Å². The minimum Gasteiger partial charge on any atom is -0.385 e. The van der Waals surface area contributed by atoms with Crippen molar-refractivity contribution in [2.45, 2.75) is 19.4 Å². The summed E-state index contributed by atoms with van der Waals surface area (Å²) >= 11 is 0. The first-order chi connectivity index (χ1) is 11.6. The first kappa shape index (κ1) is 17.6. The van der Waals surface area contributed by atoms with E-state index in [-0.39, 0.29) is 23.4 Å². The number of aromatic nitrogens is 2. The monoisotopic (exact) mass is 331 g/mol. The summed E-state index contributed by atoms with van der Waals surface area (Å²) in [6.45, 7) is 3.02. The minimum atomic E-state index is -0.474. The Hall–Kier alpha value is -2.74. The third-order valence-corrected chi connectivity index (χ3v) is 3.48. The van der Waals surface area contributed by atoms with Gasteiger partial charge in [-0.05, 0) is 18.9 Å². The molecule has 0 aliphatic carbocycles. The molecule has 0 bridgehead atoms. The molecule has 128 valence electrons. The van der Waals surface area contributed by atoms with Crippen molar-refractivity contribution in [3.8, 4) is 0 Å². The number of anilines is 2. The molecule has 8 heteroatoms. The molecule has 1 aromatic heterocycles. The first-order valence-corrected chi connectivity index (χ1v) is 7.67. The van der Waals surface area contributed by atoms with Gasteiger partial charge in [0.05, 0.1) is 11.0 Å². The zero-order valence-electron chi connectivity index (χ0n) is 13.7. The van der Waals surface area contributed by atoms with Gasteiger partial charge < -0.3 is 15.4 Å². The molecule has 0 amide bonds. The summed E-state index contributed by atoms with van der Waals surface area (Å²) in [6, 6.07) is 9.55. The highest BCUT2D eigenvalue weighted by Gasteiger charge is 2.24. The molecule has 1 unspecified atom stereocenters. The molecule has 0 spiro atoms. The molecule has 24 heavy (non-hydrogen) atoms. The number of nitrogens with zero attached hydrogens (tertiary/aromatic N) is 3. The molecule has 0 saturated heterocycles.